The molecule has 20 heavy (non-hydrogen) atoms. The maximum absolute atomic E-state index is 12.5. The summed E-state index contributed by atoms with van der Waals surface area (Å²) in [5, 5.41) is 0. The van der Waals surface area contributed by atoms with Crippen molar-refractivity contribution in [2.45, 2.75) is 29.9 Å². The van der Waals surface area contributed by atoms with Crippen LogP contribution in [0, 0.1) is 0 Å². The first-order chi connectivity index (χ1) is 8.52. The van der Waals surface area contributed by atoms with Crippen LogP contribution < -0.4 is 0 Å². The van der Waals surface area contributed by atoms with Crippen LogP contribution in [0.1, 0.15) is 0 Å². The molecule has 0 amide bonds. The fourth-order valence-corrected chi connectivity index (χ4v) is 0.714. The van der Waals surface area contributed by atoms with Gasteiger partial charge in [0.2, 0.25) is 0 Å². The summed E-state index contributed by atoms with van der Waals surface area (Å²) in [6, 6.07) is 0. The highest BCUT2D eigenvalue weighted by molar-refractivity contribution is 5.12. The van der Waals surface area contributed by atoms with E-state index in [9.17, 15) is 52.7 Å². The predicted molar refractivity (Wildman–Crippen MR) is 41.0 cm³/mol. The van der Waals surface area contributed by atoms with E-state index in [0.717, 1.165) is 0 Å². The van der Waals surface area contributed by atoms with Crippen LogP contribution in [0.2, 0.25) is 0 Å². The van der Waals surface area contributed by atoms with Gasteiger partial charge in [0.15, 0.2) is 6.67 Å². The zero-order valence-corrected chi connectivity index (χ0v) is 8.90. The fourth-order valence-electron chi connectivity index (χ4n) is 0.714. The van der Waals surface area contributed by atoms with Gasteiger partial charge in [0, 0.05) is 0 Å². The first kappa shape index (κ1) is 18.9. The van der Waals surface area contributed by atoms with Crippen molar-refractivity contribution in [2.75, 3.05) is 6.67 Å². The topological polar surface area (TPSA) is 0 Å². The molecule has 0 aromatic rings. The number of alkyl halides is 12. The van der Waals surface area contributed by atoms with Crippen LogP contribution in [-0.4, -0.2) is 36.5 Å². The summed E-state index contributed by atoms with van der Waals surface area (Å²) in [6.07, 6.45) is -10.1. The van der Waals surface area contributed by atoms with Crippen LogP contribution in [0.4, 0.5) is 52.7 Å². The highest BCUT2D eigenvalue weighted by Gasteiger charge is 2.72. The van der Waals surface area contributed by atoms with E-state index >= 15 is 0 Å². The standard InChI is InChI=1S/C8H4F12/c9-3-6(14,15)4(10,11)1-2-5(12,13)7(16,17)8(18,19)20/h1-2H,3H2. The summed E-state index contributed by atoms with van der Waals surface area (Å²) in [6.45, 7) is -3.04. The van der Waals surface area contributed by atoms with Crippen molar-refractivity contribution < 1.29 is 52.7 Å². The SMILES string of the molecule is FCC(F)(F)C(F)(F)C=CC(F)(F)C(F)(F)C(F)(F)F. The first-order valence-corrected chi connectivity index (χ1v) is 4.36. The lowest BCUT2D eigenvalue weighted by Crippen LogP contribution is -2.51. The Morgan fingerprint density at radius 3 is 1.25 bits per heavy atom. The zero-order chi connectivity index (χ0) is 16.6. The van der Waals surface area contributed by atoms with Crippen molar-refractivity contribution in [1.29, 1.82) is 0 Å². The number of rotatable bonds is 5. The Labute approximate surface area is 103 Å². The number of hydrogen-bond donors (Lipinski definition) is 0. The highest BCUT2D eigenvalue weighted by atomic mass is 19.4. The Hall–Kier alpha value is -1.10. The smallest absolute Gasteiger partial charge is 0.244 e. The molecule has 0 aromatic heterocycles. The fraction of sp³-hybridized carbons (Fsp3) is 0.750. The molecular formula is C8H4F12. The van der Waals surface area contributed by atoms with Crippen LogP contribution in [0.3, 0.4) is 0 Å². The normalized spacial score (nSPS) is 16.0. The van der Waals surface area contributed by atoms with Gasteiger partial charge in [-0.05, 0) is 12.2 Å². The molecule has 0 fully saturated rings. The monoisotopic (exact) mass is 328 g/mol. The molecule has 0 saturated heterocycles. The first-order valence-electron chi connectivity index (χ1n) is 4.36. The van der Waals surface area contributed by atoms with E-state index in [1.165, 1.54) is 0 Å². The average molecular weight is 328 g/mol. The van der Waals surface area contributed by atoms with Gasteiger partial charge in [0.1, 0.15) is 0 Å². The minimum atomic E-state index is -6.81. The predicted octanol–water partition coefficient (Wildman–Crippen LogP) is 4.62. The third kappa shape index (κ3) is 3.32. The molecular weight excluding hydrogens is 324 g/mol. The molecule has 0 nitrogen and oxygen atoms in total. The largest absolute Gasteiger partial charge is 0.460 e. The van der Waals surface area contributed by atoms with E-state index in [-0.39, 0.29) is 0 Å². The van der Waals surface area contributed by atoms with E-state index in [1.54, 1.807) is 0 Å². The molecule has 0 rings (SSSR count). The van der Waals surface area contributed by atoms with Gasteiger partial charge >= 0.3 is 29.9 Å². The number of halogens is 12. The van der Waals surface area contributed by atoms with Gasteiger partial charge in [-0.1, -0.05) is 0 Å². The Bertz CT molecular complexity index is 362. The molecule has 0 aromatic carbocycles. The molecule has 0 heterocycles. The van der Waals surface area contributed by atoms with Gasteiger partial charge in [-0.25, -0.2) is 4.39 Å². The highest BCUT2D eigenvalue weighted by Crippen LogP contribution is 2.48. The third-order valence-corrected chi connectivity index (χ3v) is 1.93. The van der Waals surface area contributed by atoms with Gasteiger partial charge in [0.25, 0.3) is 0 Å². The lowest BCUT2D eigenvalue weighted by molar-refractivity contribution is -0.342. The van der Waals surface area contributed by atoms with Gasteiger partial charge in [0.05, 0.1) is 0 Å². The van der Waals surface area contributed by atoms with Crippen LogP contribution in [0.5, 0.6) is 0 Å². The summed E-state index contributed by atoms with van der Waals surface area (Å²) in [7, 11) is 0. The van der Waals surface area contributed by atoms with Crippen molar-refractivity contribution >= 4 is 0 Å². The maximum atomic E-state index is 12.5. The second-order valence-electron chi connectivity index (χ2n) is 3.49. The van der Waals surface area contributed by atoms with Crippen molar-refractivity contribution in [1.82, 2.24) is 0 Å². The molecule has 0 aliphatic carbocycles. The summed E-state index contributed by atoms with van der Waals surface area (Å²) < 4.78 is 145. The molecule has 0 spiro atoms. The minimum absolute atomic E-state index is 1.59. The molecule has 0 saturated carbocycles. The summed E-state index contributed by atoms with van der Waals surface area (Å²) in [5.74, 6) is -24.2. The molecule has 12 heteroatoms. The second-order valence-corrected chi connectivity index (χ2v) is 3.49. The molecule has 0 unspecified atom stereocenters. The molecule has 0 radical (unpaired) electrons. The number of allylic oxidation sites excluding steroid dienone is 2. The summed E-state index contributed by atoms with van der Waals surface area (Å²) in [4.78, 5) is 0. The lowest BCUT2D eigenvalue weighted by atomic mass is 10.1. The van der Waals surface area contributed by atoms with E-state index in [2.05, 4.69) is 0 Å². The quantitative estimate of drug-likeness (QED) is 0.510. The summed E-state index contributed by atoms with van der Waals surface area (Å²) >= 11 is 0. The van der Waals surface area contributed by atoms with Gasteiger partial charge in [-0.2, -0.15) is 48.3 Å². The zero-order valence-electron chi connectivity index (χ0n) is 8.90. The van der Waals surface area contributed by atoms with Crippen molar-refractivity contribution in [3.8, 4) is 0 Å². The molecule has 0 atom stereocenters. The van der Waals surface area contributed by atoms with Gasteiger partial charge < -0.3 is 0 Å². The Balaban J connectivity index is 5.46. The lowest BCUT2D eigenvalue weighted by Gasteiger charge is -2.27. The van der Waals surface area contributed by atoms with Crippen LogP contribution in [0.15, 0.2) is 12.2 Å². The van der Waals surface area contributed by atoms with E-state index in [1.807, 2.05) is 0 Å². The summed E-state index contributed by atoms with van der Waals surface area (Å²) in [5.41, 5.74) is 0. The third-order valence-electron chi connectivity index (χ3n) is 1.93. The number of hydrogen-bond acceptors (Lipinski definition) is 0. The van der Waals surface area contributed by atoms with Crippen molar-refractivity contribution in [3.63, 3.8) is 0 Å². The molecule has 0 aliphatic heterocycles. The van der Waals surface area contributed by atoms with Crippen LogP contribution in [-0.2, 0) is 0 Å². The second kappa shape index (κ2) is 5.02. The molecule has 0 bridgehead atoms. The van der Waals surface area contributed by atoms with Crippen molar-refractivity contribution in [2.24, 2.45) is 0 Å². The van der Waals surface area contributed by atoms with E-state index in [0.29, 0.717) is 0 Å². The van der Waals surface area contributed by atoms with Gasteiger partial charge in [-0.3, -0.25) is 0 Å². The van der Waals surface area contributed by atoms with E-state index < -0.39 is 48.7 Å². The Morgan fingerprint density at radius 1 is 0.600 bits per heavy atom. The van der Waals surface area contributed by atoms with Crippen LogP contribution >= 0.6 is 0 Å². The molecule has 0 N–H and O–H groups in total. The van der Waals surface area contributed by atoms with Gasteiger partial charge in [-0.15, -0.1) is 0 Å². The molecule has 0 aliphatic rings. The minimum Gasteiger partial charge on any atom is -0.244 e. The Kier molecular flexibility index (Phi) is 4.75. The Morgan fingerprint density at radius 2 is 0.950 bits per heavy atom. The van der Waals surface area contributed by atoms with E-state index in [4.69, 9.17) is 0 Å². The average Bonchev–Trinajstić information content (AvgIpc) is 2.24. The van der Waals surface area contributed by atoms with Crippen molar-refractivity contribution in [3.05, 3.63) is 12.2 Å². The molecule has 120 valence electrons. The van der Waals surface area contributed by atoms with Crippen LogP contribution in [0.25, 0.3) is 0 Å². The maximum Gasteiger partial charge on any atom is 0.460 e.